The van der Waals surface area contributed by atoms with Crippen LogP contribution >= 0.6 is 0 Å². The van der Waals surface area contributed by atoms with Crippen LogP contribution in [-0.4, -0.2) is 37.2 Å². The number of hydrogen-bond donors (Lipinski definition) is 1. The van der Waals surface area contributed by atoms with Crippen molar-refractivity contribution in [1.82, 2.24) is 4.90 Å². The van der Waals surface area contributed by atoms with Gasteiger partial charge in [0, 0.05) is 18.5 Å². The van der Waals surface area contributed by atoms with E-state index in [1.807, 2.05) is 0 Å². The summed E-state index contributed by atoms with van der Waals surface area (Å²) in [6.45, 7) is 3.44. The number of fused-ring (bicyclic) bond motifs is 1. The van der Waals surface area contributed by atoms with Crippen LogP contribution in [0.3, 0.4) is 0 Å². The average molecular weight is 288 g/mol. The molecule has 2 atom stereocenters. The fourth-order valence-electron chi connectivity index (χ4n) is 3.77. The monoisotopic (exact) mass is 288 g/mol. The molecule has 1 saturated carbocycles. The second-order valence-corrected chi connectivity index (χ2v) is 6.45. The zero-order chi connectivity index (χ0) is 14.2. The number of likely N-dealkylation sites (tertiary alicyclic amines) is 1. The Bertz CT molecular complexity index is 516. The fourth-order valence-corrected chi connectivity index (χ4v) is 3.77. The van der Waals surface area contributed by atoms with Gasteiger partial charge in [-0.05, 0) is 56.0 Å². The number of rotatable bonds is 3. The Morgan fingerprint density at radius 2 is 1.90 bits per heavy atom. The predicted molar refractivity (Wildman–Crippen MR) is 81.7 cm³/mol. The Morgan fingerprint density at radius 3 is 2.67 bits per heavy atom. The lowest BCUT2D eigenvalue weighted by atomic mass is 9.93. The van der Waals surface area contributed by atoms with Gasteiger partial charge in [-0.15, -0.1) is 0 Å². The number of nitrogens with zero attached hydrogens (tertiary/aromatic N) is 1. The van der Waals surface area contributed by atoms with Crippen molar-refractivity contribution in [3.05, 3.63) is 23.8 Å². The van der Waals surface area contributed by atoms with Crippen molar-refractivity contribution in [1.29, 1.82) is 0 Å². The summed E-state index contributed by atoms with van der Waals surface area (Å²) < 4.78 is 11.6. The van der Waals surface area contributed by atoms with Crippen LogP contribution in [0.1, 0.15) is 37.3 Å². The molecule has 0 spiro atoms. The van der Waals surface area contributed by atoms with E-state index in [1.165, 1.54) is 31.4 Å². The molecule has 4 rings (SSSR count). The third-order valence-corrected chi connectivity index (χ3v) is 4.99. The molecule has 2 unspecified atom stereocenters. The Morgan fingerprint density at radius 1 is 1.10 bits per heavy atom. The summed E-state index contributed by atoms with van der Waals surface area (Å²) >= 11 is 0. The van der Waals surface area contributed by atoms with Crippen molar-refractivity contribution >= 4 is 0 Å². The largest absolute Gasteiger partial charge is 0.490 e. The van der Waals surface area contributed by atoms with Gasteiger partial charge >= 0.3 is 0 Å². The van der Waals surface area contributed by atoms with Gasteiger partial charge in [-0.3, -0.25) is 4.90 Å². The molecule has 0 bridgehead atoms. The molecule has 0 radical (unpaired) electrons. The Kier molecular flexibility index (Phi) is 3.51. The number of benzene rings is 1. The summed E-state index contributed by atoms with van der Waals surface area (Å²) in [5, 5.41) is 0. The first-order valence-electron chi connectivity index (χ1n) is 8.22. The quantitative estimate of drug-likeness (QED) is 0.927. The molecule has 1 aromatic carbocycles. The molecule has 2 heterocycles. The number of nitrogens with two attached hydrogens (primary N) is 1. The molecule has 0 aromatic heterocycles. The predicted octanol–water partition coefficient (Wildman–Crippen LogP) is 2.33. The van der Waals surface area contributed by atoms with E-state index in [0.29, 0.717) is 12.0 Å². The highest BCUT2D eigenvalue weighted by atomic mass is 16.5. The van der Waals surface area contributed by atoms with Crippen LogP contribution < -0.4 is 15.2 Å². The van der Waals surface area contributed by atoms with Crippen molar-refractivity contribution in [3.8, 4) is 11.5 Å². The summed E-state index contributed by atoms with van der Waals surface area (Å²) in [7, 11) is 0. The van der Waals surface area contributed by atoms with Gasteiger partial charge in [-0.1, -0.05) is 6.07 Å². The van der Waals surface area contributed by atoms with Crippen LogP contribution in [0.5, 0.6) is 11.5 Å². The second kappa shape index (κ2) is 5.50. The van der Waals surface area contributed by atoms with Crippen molar-refractivity contribution in [2.24, 2.45) is 11.7 Å². The topological polar surface area (TPSA) is 47.7 Å². The third-order valence-electron chi connectivity index (χ3n) is 4.99. The SMILES string of the molecule is NCC1CCN(C2CC2)C1c1ccc2c(c1)OCCCO2. The maximum atomic E-state index is 6.02. The smallest absolute Gasteiger partial charge is 0.161 e. The average Bonchev–Trinajstić information content (AvgIpc) is 3.30. The molecular weight excluding hydrogens is 264 g/mol. The van der Waals surface area contributed by atoms with Crippen molar-refractivity contribution in [2.75, 3.05) is 26.3 Å². The first kappa shape index (κ1) is 13.4. The van der Waals surface area contributed by atoms with Gasteiger partial charge in [0.05, 0.1) is 13.2 Å². The zero-order valence-corrected chi connectivity index (χ0v) is 12.5. The van der Waals surface area contributed by atoms with Crippen LogP contribution in [-0.2, 0) is 0 Å². The lowest BCUT2D eigenvalue weighted by molar-refractivity contribution is 0.219. The summed E-state index contributed by atoms with van der Waals surface area (Å²) in [5.41, 5.74) is 7.37. The maximum Gasteiger partial charge on any atom is 0.161 e. The standard InChI is InChI=1S/C17H24N2O2/c18-11-13-6-7-19(14-3-4-14)17(13)12-2-5-15-16(10-12)21-9-1-8-20-15/h2,5,10,13-14,17H,1,3-4,6-9,11,18H2. The third kappa shape index (κ3) is 2.51. The highest BCUT2D eigenvalue weighted by Gasteiger charge is 2.42. The van der Waals surface area contributed by atoms with Gasteiger partial charge < -0.3 is 15.2 Å². The van der Waals surface area contributed by atoms with Crippen LogP contribution in [0.25, 0.3) is 0 Å². The molecule has 2 aliphatic heterocycles. The minimum Gasteiger partial charge on any atom is -0.490 e. The maximum absolute atomic E-state index is 6.02. The van der Waals surface area contributed by atoms with Crippen LogP contribution in [0.4, 0.5) is 0 Å². The minimum atomic E-state index is 0.458. The first-order chi connectivity index (χ1) is 10.4. The van der Waals surface area contributed by atoms with Crippen LogP contribution in [0.2, 0.25) is 0 Å². The summed E-state index contributed by atoms with van der Waals surface area (Å²) in [5.74, 6) is 2.36. The molecule has 2 N–H and O–H groups in total. The van der Waals surface area contributed by atoms with E-state index >= 15 is 0 Å². The van der Waals surface area contributed by atoms with Gasteiger partial charge in [0.2, 0.25) is 0 Å². The molecule has 2 fully saturated rings. The van der Waals surface area contributed by atoms with Gasteiger partial charge in [-0.25, -0.2) is 0 Å². The van der Waals surface area contributed by atoms with E-state index in [9.17, 15) is 0 Å². The zero-order valence-electron chi connectivity index (χ0n) is 12.5. The van der Waals surface area contributed by atoms with E-state index in [4.69, 9.17) is 15.2 Å². The van der Waals surface area contributed by atoms with Gasteiger partial charge in [-0.2, -0.15) is 0 Å². The van der Waals surface area contributed by atoms with Crippen molar-refractivity contribution < 1.29 is 9.47 Å². The molecule has 3 aliphatic rings. The molecule has 0 amide bonds. The molecule has 114 valence electrons. The van der Waals surface area contributed by atoms with Crippen LogP contribution in [0.15, 0.2) is 18.2 Å². The summed E-state index contributed by atoms with van der Waals surface area (Å²) in [6.07, 6.45) is 4.86. The highest BCUT2D eigenvalue weighted by molar-refractivity contribution is 5.44. The van der Waals surface area contributed by atoms with Crippen molar-refractivity contribution in [2.45, 2.75) is 37.8 Å². The minimum absolute atomic E-state index is 0.458. The van der Waals surface area contributed by atoms with Gasteiger partial charge in [0.25, 0.3) is 0 Å². The van der Waals surface area contributed by atoms with Crippen molar-refractivity contribution in [3.63, 3.8) is 0 Å². The normalized spacial score (nSPS) is 29.4. The number of ether oxygens (including phenoxy) is 2. The number of hydrogen-bond acceptors (Lipinski definition) is 4. The van der Waals surface area contributed by atoms with E-state index in [0.717, 1.165) is 43.7 Å². The lowest BCUT2D eigenvalue weighted by Gasteiger charge is -2.28. The fraction of sp³-hybridized carbons (Fsp3) is 0.647. The lowest BCUT2D eigenvalue weighted by Crippen LogP contribution is -2.29. The molecule has 1 saturated heterocycles. The summed E-state index contributed by atoms with van der Waals surface area (Å²) in [6, 6.07) is 7.71. The van der Waals surface area contributed by atoms with Gasteiger partial charge in [0.1, 0.15) is 0 Å². The van der Waals surface area contributed by atoms with E-state index in [1.54, 1.807) is 0 Å². The van der Waals surface area contributed by atoms with E-state index in [2.05, 4.69) is 23.1 Å². The molecule has 4 nitrogen and oxygen atoms in total. The van der Waals surface area contributed by atoms with Gasteiger partial charge in [0.15, 0.2) is 11.5 Å². The molecule has 1 aromatic rings. The molecule has 21 heavy (non-hydrogen) atoms. The highest BCUT2D eigenvalue weighted by Crippen LogP contribution is 2.45. The summed E-state index contributed by atoms with van der Waals surface area (Å²) in [4.78, 5) is 2.66. The molecular formula is C17H24N2O2. The van der Waals surface area contributed by atoms with Crippen LogP contribution in [0, 0.1) is 5.92 Å². The Hall–Kier alpha value is -1.26. The second-order valence-electron chi connectivity index (χ2n) is 6.45. The molecule has 1 aliphatic carbocycles. The Balaban J connectivity index is 1.65. The molecule has 4 heteroatoms. The first-order valence-corrected chi connectivity index (χ1v) is 8.22. The Labute approximate surface area is 126 Å². The van der Waals surface area contributed by atoms with E-state index in [-0.39, 0.29) is 0 Å². The van der Waals surface area contributed by atoms with E-state index < -0.39 is 0 Å².